The van der Waals surface area contributed by atoms with Gasteiger partial charge in [0.15, 0.2) is 0 Å². The zero-order valence-corrected chi connectivity index (χ0v) is 12.8. The number of likely N-dealkylation sites (N-methyl/N-ethyl adjacent to an activating group) is 1. The summed E-state index contributed by atoms with van der Waals surface area (Å²) in [6.45, 7) is 3.85. The van der Waals surface area contributed by atoms with Crippen molar-refractivity contribution in [2.45, 2.75) is 63.6 Å². The van der Waals surface area contributed by atoms with Crippen LogP contribution in [-0.2, 0) is 9.59 Å². The maximum atomic E-state index is 12.0. The average Bonchev–Trinajstić information content (AvgIpc) is 2.79. The molecule has 0 radical (unpaired) electrons. The Hall–Kier alpha value is -1.14. The lowest BCUT2D eigenvalue weighted by molar-refractivity contribution is -0.137. The van der Waals surface area contributed by atoms with Crippen LogP contribution in [0.2, 0.25) is 0 Å². The molecular formula is C15H27N3O3. The van der Waals surface area contributed by atoms with Gasteiger partial charge in [-0.2, -0.15) is 0 Å². The first-order valence-electron chi connectivity index (χ1n) is 8.07. The number of carbonyl (C=O) groups excluding carboxylic acids is 1. The van der Waals surface area contributed by atoms with Crippen molar-refractivity contribution in [3.8, 4) is 0 Å². The first kappa shape index (κ1) is 16.2. The summed E-state index contributed by atoms with van der Waals surface area (Å²) in [5.74, 6) is -0.808. The molecule has 3 N–H and O–H groups in total. The van der Waals surface area contributed by atoms with Crippen molar-refractivity contribution in [1.29, 1.82) is 0 Å². The molecule has 0 spiro atoms. The number of piperidine rings is 1. The van der Waals surface area contributed by atoms with Crippen LogP contribution in [0.3, 0.4) is 0 Å². The highest BCUT2D eigenvalue weighted by atomic mass is 16.4. The number of nitrogens with zero attached hydrogens (tertiary/aromatic N) is 1. The number of amides is 1. The van der Waals surface area contributed by atoms with E-state index in [-0.39, 0.29) is 12.3 Å². The Morgan fingerprint density at radius 1 is 1.29 bits per heavy atom. The fraction of sp³-hybridized carbons (Fsp3) is 0.867. The number of carboxylic acid groups (broad SMARTS) is 1. The number of fused-ring (bicyclic) bond motifs is 2. The fourth-order valence-corrected chi connectivity index (χ4v) is 3.53. The van der Waals surface area contributed by atoms with Gasteiger partial charge in [0.05, 0.1) is 6.54 Å². The normalized spacial score (nSPS) is 27.8. The maximum absolute atomic E-state index is 12.0. The third kappa shape index (κ3) is 4.97. The third-order valence-corrected chi connectivity index (χ3v) is 4.61. The summed E-state index contributed by atoms with van der Waals surface area (Å²) < 4.78 is 0. The van der Waals surface area contributed by atoms with Gasteiger partial charge in [-0.3, -0.25) is 14.5 Å². The number of carboxylic acids is 1. The second kappa shape index (κ2) is 7.75. The van der Waals surface area contributed by atoms with Crippen LogP contribution in [0.5, 0.6) is 0 Å². The van der Waals surface area contributed by atoms with Gasteiger partial charge in [-0.15, -0.1) is 0 Å². The minimum atomic E-state index is -0.815. The van der Waals surface area contributed by atoms with E-state index in [0.29, 0.717) is 37.6 Å². The summed E-state index contributed by atoms with van der Waals surface area (Å²) in [7, 11) is 0. The Balaban J connectivity index is 1.71. The molecule has 2 saturated heterocycles. The Morgan fingerprint density at radius 2 is 1.95 bits per heavy atom. The Labute approximate surface area is 126 Å². The van der Waals surface area contributed by atoms with E-state index >= 15 is 0 Å². The summed E-state index contributed by atoms with van der Waals surface area (Å²) in [6.07, 6.45) is 5.40. The Morgan fingerprint density at radius 3 is 2.52 bits per heavy atom. The van der Waals surface area contributed by atoms with E-state index in [1.165, 1.54) is 12.8 Å². The van der Waals surface area contributed by atoms with Crippen LogP contribution in [0, 0.1) is 0 Å². The minimum absolute atomic E-state index is 0.00752. The van der Waals surface area contributed by atoms with Crippen molar-refractivity contribution in [2.75, 3.05) is 19.6 Å². The van der Waals surface area contributed by atoms with E-state index in [9.17, 15) is 9.59 Å². The van der Waals surface area contributed by atoms with Crippen molar-refractivity contribution in [3.05, 3.63) is 0 Å². The topological polar surface area (TPSA) is 81.7 Å². The van der Waals surface area contributed by atoms with Crippen LogP contribution in [0.15, 0.2) is 0 Å². The van der Waals surface area contributed by atoms with Crippen molar-refractivity contribution in [1.82, 2.24) is 15.5 Å². The van der Waals surface area contributed by atoms with Crippen molar-refractivity contribution < 1.29 is 14.7 Å². The molecule has 2 heterocycles. The van der Waals surface area contributed by atoms with E-state index in [4.69, 9.17) is 5.11 Å². The highest BCUT2D eigenvalue weighted by Gasteiger charge is 2.35. The lowest BCUT2D eigenvalue weighted by atomic mass is 9.98. The molecule has 2 aliphatic heterocycles. The van der Waals surface area contributed by atoms with Crippen molar-refractivity contribution in [3.63, 3.8) is 0 Å². The molecular weight excluding hydrogens is 270 g/mol. The van der Waals surface area contributed by atoms with Crippen molar-refractivity contribution >= 4 is 11.9 Å². The lowest BCUT2D eigenvalue weighted by Crippen LogP contribution is -2.50. The molecule has 21 heavy (non-hydrogen) atoms. The third-order valence-electron chi connectivity index (χ3n) is 4.61. The first-order valence-corrected chi connectivity index (χ1v) is 8.07. The number of rotatable bonds is 8. The second-order valence-corrected chi connectivity index (χ2v) is 6.17. The van der Waals surface area contributed by atoms with Gasteiger partial charge in [-0.1, -0.05) is 6.92 Å². The van der Waals surface area contributed by atoms with Crippen LogP contribution < -0.4 is 10.6 Å². The molecule has 2 bridgehead atoms. The summed E-state index contributed by atoms with van der Waals surface area (Å²) >= 11 is 0. The summed E-state index contributed by atoms with van der Waals surface area (Å²) in [5.41, 5.74) is 0. The van der Waals surface area contributed by atoms with Gasteiger partial charge in [-0.25, -0.2) is 0 Å². The molecule has 2 unspecified atom stereocenters. The predicted octanol–water partition coefficient (Wildman–Crippen LogP) is 0.572. The molecule has 2 aliphatic rings. The van der Waals surface area contributed by atoms with Gasteiger partial charge in [-0.05, 0) is 38.6 Å². The molecule has 0 aliphatic carbocycles. The smallest absolute Gasteiger partial charge is 0.303 e. The van der Waals surface area contributed by atoms with E-state index in [1.807, 2.05) is 0 Å². The molecule has 2 rings (SSSR count). The quantitative estimate of drug-likeness (QED) is 0.571. The molecule has 0 aromatic carbocycles. The van der Waals surface area contributed by atoms with Crippen molar-refractivity contribution in [2.24, 2.45) is 0 Å². The SMILES string of the molecule is CCN(CC(=O)NCCCC(=O)O)C1CC2CCC(C1)N2. The number of hydrogen-bond donors (Lipinski definition) is 3. The minimum Gasteiger partial charge on any atom is -0.481 e. The maximum Gasteiger partial charge on any atom is 0.303 e. The number of nitrogens with one attached hydrogen (secondary N) is 2. The number of aliphatic carboxylic acids is 1. The van der Waals surface area contributed by atoms with Crippen LogP contribution in [0.1, 0.15) is 45.4 Å². The molecule has 6 heteroatoms. The monoisotopic (exact) mass is 297 g/mol. The van der Waals surface area contributed by atoms with E-state index < -0.39 is 5.97 Å². The van der Waals surface area contributed by atoms with Gasteiger partial charge in [0.2, 0.25) is 5.91 Å². The predicted molar refractivity (Wildman–Crippen MR) is 80.1 cm³/mol. The molecule has 0 aromatic heterocycles. The zero-order valence-electron chi connectivity index (χ0n) is 12.8. The fourth-order valence-electron chi connectivity index (χ4n) is 3.53. The van der Waals surface area contributed by atoms with Gasteiger partial charge in [0, 0.05) is 31.1 Å². The van der Waals surface area contributed by atoms with E-state index in [1.54, 1.807) is 0 Å². The van der Waals surface area contributed by atoms with Crippen LogP contribution in [0.4, 0.5) is 0 Å². The highest BCUT2D eigenvalue weighted by Crippen LogP contribution is 2.29. The second-order valence-electron chi connectivity index (χ2n) is 6.17. The van der Waals surface area contributed by atoms with Crippen LogP contribution >= 0.6 is 0 Å². The van der Waals surface area contributed by atoms with Crippen LogP contribution in [-0.4, -0.2) is 59.6 Å². The lowest BCUT2D eigenvalue weighted by Gasteiger charge is -2.36. The van der Waals surface area contributed by atoms with Crippen LogP contribution in [0.25, 0.3) is 0 Å². The van der Waals surface area contributed by atoms with E-state index in [2.05, 4.69) is 22.5 Å². The Bertz CT molecular complexity index is 363. The molecule has 120 valence electrons. The highest BCUT2D eigenvalue weighted by molar-refractivity contribution is 5.78. The van der Waals surface area contributed by atoms with E-state index in [0.717, 1.165) is 19.4 Å². The summed E-state index contributed by atoms with van der Waals surface area (Å²) in [5, 5.41) is 15.0. The summed E-state index contributed by atoms with van der Waals surface area (Å²) in [6, 6.07) is 1.75. The molecule has 2 atom stereocenters. The average molecular weight is 297 g/mol. The summed E-state index contributed by atoms with van der Waals surface area (Å²) in [4.78, 5) is 24.6. The Kier molecular flexibility index (Phi) is 5.99. The first-order chi connectivity index (χ1) is 10.1. The number of carbonyl (C=O) groups is 2. The standard InChI is InChI=1S/C15H27N3O3/c1-2-18(10-14(19)16-7-3-4-15(20)21)13-8-11-5-6-12(9-13)17-11/h11-13,17H,2-10H2,1H3,(H,16,19)(H,20,21). The molecule has 6 nitrogen and oxygen atoms in total. The van der Waals surface area contributed by atoms with Gasteiger partial charge >= 0.3 is 5.97 Å². The molecule has 0 aromatic rings. The molecule has 1 amide bonds. The van der Waals surface area contributed by atoms with Gasteiger partial charge in [0.25, 0.3) is 0 Å². The largest absolute Gasteiger partial charge is 0.481 e. The van der Waals surface area contributed by atoms with Gasteiger partial charge in [0.1, 0.15) is 0 Å². The molecule has 0 saturated carbocycles. The molecule has 2 fully saturated rings. The van der Waals surface area contributed by atoms with Gasteiger partial charge < -0.3 is 15.7 Å². The number of hydrogen-bond acceptors (Lipinski definition) is 4. The zero-order chi connectivity index (χ0) is 15.2.